The van der Waals surface area contributed by atoms with Gasteiger partial charge in [-0.25, -0.2) is 8.42 Å². The lowest BCUT2D eigenvalue weighted by Crippen LogP contribution is -2.36. The lowest BCUT2D eigenvalue weighted by Gasteiger charge is -2.16. The number of guanidine groups is 1. The quantitative estimate of drug-likeness (QED) is 0.349. The molecule has 0 unspecified atom stereocenters. The maximum atomic E-state index is 12.5. The predicted octanol–water partition coefficient (Wildman–Crippen LogP) is 3.02. The van der Waals surface area contributed by atoms with Gasteiger partial charge in [-0.05, 0) is 42.0 Å². The van der Waals surface area contributed by atoms with Crippen LogP contribution in [0.15, 0.2) is 51.7 Å². The Kier molecular flexibility index (Phi) is 8.52. The topological polar surface area (TPSA) is 73.8 Å². The summed E-state index contributed by atoms with van der Waals surface area (Å²) in [5.41, 5.74) is 1.00. The molecule has 9 heteroatoms. The van der Waals surface area contributed by atoms with Crippen molar-refractivity contribution in [1.29, 1.82) is 0 Å². The second-order valence-electron chi connectivity index (χ2n) is 6.11. The maximum Gasteiger partial charge on any atom is 0.243 e. The molecule has 3 rings (SSSR count). The molecule has 148 valence electrons. The van der Waals surface area contributed by atoms with E-state index in [2.05, 4.69) is 21.7 Å². The van der Waals surface area contributed by atoms with Crippen molar-refractivity contribution in [2.45, 2.75) is 30.8 Å². The van der Waals surface area contributed by atoms with Crippen LogP contribution >= 0.6 is 35.3 Å². The summed E-state index contributed by atoms with van der Waals surface area (Å²) in [6.07, 6.45) is 1.89. The van der Waals surface area contributed by atoms with Crippen molar-refractivity contribution in [2.24, 2.45) is 4.99 Å². The number of thiophene rings is 1. The van der Waals surface area contributed by atoms with Gasteiger partial charge in [-0.1, -0.05) is 18.2 Å². The van der Waals surface area contributed by atoms with Crippen LogP contribution in [-0.2, 0) is 23.1 Å². The number of hydrogen-bond acceptors (Lipinski definition) is 4. The summed E-state index contributed by atoms with van der Waals surface area (Å²) in [5.74, 6) is 0.715. The third-order valence-electron chi connectivity index (χ3n) is 4.32. The lowest BCUT2D eigenvalue weighted by atomic mass is 10.2. The average molecular weight is 520 g/mol. The van der Waals surface area contributed by atoms with Crippen LogP contribution in [0, 0.1) is 0 Å². The molecule has 0 amide bonds. The first-order chi connectivity index (χ1) is 12.6. The van der Waals surface area contributed by atoms with Crippen LogP contribution in [0.4, 0.5) is 0 Å². The van der Waals surface area contributed by atoms with Crippen molar-refractivity contribution < 1.29 is 8.42 Å². The van der Waals surface area contributed by atoms with Crippen molar-refractivity contribution in [3.63, 3.8) is 0 Å². The second kappa shape index (κ2) is 10.4. The summed E-state index contributed by atoms with van der Waals surface area (Å²) < 4.78 is 26.6. The number of nitrogens with one attached hydrogen (secondary N) is 2. The van der Waals surface area contributed by atoms with E-state index < -0.39 is 10.0 Å². The van der Waals surface area contributed by atoms with E-state index in [-0.39, 0.29) is 24.0 Å². The van der Waals surface area contributed by atoms with E-state index in [0.29, 0.717) is 30.5 Å². The van der Waals surface area contributed by atoms with E-state index in [1.165, 1.54) is 4.88 Å². The van der Waals surface area contributed by atoms with Gasteiger partial charge < -0.3 is 10.6 Å². The Morgan fingerprint density at radius 1 is 1.11 bits per heavy atom. The van der Waals surface area contributed by atoms with Gasteiger partial charge in [0.15, 0.2) is 5.96 Å². The smallest absolute Gasteiger partial charge is 0.243 e. The summed E-state index contributed by atoms with van der Waals surface area (Å²) >= 11 is 1.70. The molecular formula is C18H25IN4O2S2. The minimum absolute atomic E-state index is 0. The molecule has 6 nitrogen and oxygen atoms in total. The highest BCUT2D eigenvalue weighted by molar-refractivity contribution is 14.0. The molecule has 1 aliphatic rings. The molecule has 0 bridgehead atoms. The van der Waals surface area contributed by atoms with Crippen LogP contribution in [0.3, 0.4) is 0 Å². The molecule has 1 aliphatic heterocycles. The number of sulfonamides is 1. The largest absolute Gasteiger partial charge is 0.352 e. The van der Waals surface area contributed by atoms with E-state index >= 15 is 0 Å². The zero-order chi connectivity index (χ0) is 18.4. The first-order valence-corrected chi connectivity index (χ1v) is 11.0. The highest BCUT2D eigenvalue weighted by atomic mass is 127. The first kappa shape index (κ1) is 22.1. The normalized spacial score (nSPS) is 15.4. The monoisotopic (exact) mass is 520 g/mol. The predicted molar refractivity (Wildman–Crippen MR) is 121 cm³/mol. The highest BCUT2D eigenvalue weighted by Gasteiger charge is 2.26. The Hall–Kier alpha value is -1.17. The summed E-state index contributed by atoms with van der Waals surface area (Å²) in [7, 11) is -1.62. The van der Waals surface area contributed by atoms with Crippen molar-refractivity contribution in [3.8, 4) is 0 Å². The SMILES string of the molecule is CN=C(NCc1ccc(S(=O)(=O)N2CCCC2)cc1)NCc1cccs1.I. The molecule has 0 saturated carbocycles. The maximum absolute atomic E-state index is 12.5. The molecule has 1 aromatic carbocycles. The third-order valence-corrected chi connectivity index (χ3v) is 7.11. The number of halogens is 1. The van der Waals surface area contributed by atoms with Gasteiger partial charge in [0.05, 0.1) is 11.4 Å². The fraction of sp³-hybridized carbons (Fsp3) is 0.389. The van der Waals surface area contributed by atoms with Gasteiger partial charge in [0.25, 0.3) is 0 Å². The first-order valence-electron chi connectivity index (χ1n) is 8.65. The van der Waals surface area contributed by atoms with Gasteiger partial charge in [0, 0.05) is 31.6 Å². The summed E-state index contributed by atoms with van der Waals surface area (Å²) in [4.78, 5) is 5.81. The molecule has 0 atom stereocenters. The minimum Gasteiger partial charge on any atom is -0.352 e. The fourth-order valence-corrected chi connectivity index (χ4v) is 5.01. The third kappa shape index (κ3) is 5.90. The standard InChI is InChI=1S/C18H24N4O2S2.HI/c1-19-18(21-14-16-5-4-12-25-16)20-13-15-6-8-17(9-7-15)26(23,24)22-10-2-3-11-22;/h4-9,12H,2-3,10-11,13-14H2,1H3,(H2,19,20,21);1H. The molecule has 2 heterocycles. The Morgan fingerprint density at radius 2 is 1.78 bits per heavy atom. The van der Waals surface area contributed by atoms with Gasteiger partial charge in [-0.3, -0.25) is 4.99 Å². The van der Waals surface area contributed by atoms with Crippen LogP contribution in [0.2, 0.25) is 0 Å². The molecule has 2 aromatic rings. The molecule has 27 heavy (non-hydrogen) atoms. The highest BCUT2D eigenvalue weighted by Crippen LogP contribution is 2.21. The Morgan fingerprint density at radius 3 is 2.37 bits per heavy atom. The van der Waals surface area contributed by atoms with E-state index in [1.54, 1.807) is 34.8 Å². The van der Waals surface area contributed by atoms with E-state index in [0.717, 1.165) is 24.9 Å². The lowest BCUT2D eigenvalue weighted by molar-refractivity contribution is 0.477. The van der Waals surface area contributed by atoms with Crippen LogP contribution in [0.25, 0.3) is 0 Å². The molecule has 1 fully saturated rings. The van der Waals surface area contributed by atoms with Crippen LogP contribution in [-0.4, -0.2) is 38.8 Å². The zero-order valence-corrected chi connectivity index (χ0v) is 19.2. The van der Waals surface area contributed by atoms with Crippen LogP contribution in [0.1, 0.15) is 23.3 Å². The van der Waals surface area contributed by atoms with Crippen molar-refractivity contribution in [3.05, 3.63) is 52.2 Å². The second-order valence-corrected chi connectivity index (χ2v) is 9.08. The zero-order valence-electron chi connectivity index (χ0n) is 15.2. The van der Waals surface area contributed by atoms with Gasteiger partial charge in [0.2, 0.25) is 10.0 Å². The van der Waals surface area contributed by atoms with E-state index in [9.17, 15) is 8.42 Å². The number of benzene rings is 1. The van der Waals surface area contributed by atoms with Crippen molar-refractivity contribution >= 4 is 51.3 Å². The van der Waals surface area contributed by atoms with Crippen molar-refractivity contribution in [2.75, 3.05) is 20.1 Å². The minimum atomic E-state index is -3.35. The van der Waals surface area contributed by atoms with Crippen molar-refractivity contribution in [1.82, 2.24) is 14.9 Å². The van der Waals surface area contributed by atoms with Gasteiger partial charge in [0.1, 0.15) is 0 Å². The average Bonchev–Trinajstić information content (AvgIpc) is 3.36. The Labute approximate surface area is 182 Å². The molecule has 1 aromatic heterocycles. The number of rotatable bonds is 6. The summed E-state index contributed by atoms with van der Waals surface area (Å²) in [6, 6.07) is 11.2. The number of aliphatic imine (C=N–C) groups is 1. The molecular weight excluding hydrogens is 495 g/mol. The van der Waals surface area contributed by atoms with Crippen LogP contribution < -0.4 is 10.6 Å². The Balaban J connectivity index is 0.00000261. The fourth-order valence-electron chi connectivity index (χ4n) is 2.85. The molecule has 1 saturated heterocycles. The van der Waals surface area contributed by atoms with Crippen LogP contribution in [0.5, 0.6) is 0 Å². The van der Waals surface area contributed by atoms with E-state index in [1.807, 2.05) is 23.6 Å². The molecule has 0 spiro atoms. The van der Waals surface area contributed by atoms with Gasteiger partial charge >= 0.3 is 0 Å². The number of nitrogens with zero attached hydrogens (tertiary/aromatic N) is 2. The summed E-state index contributed by atoms with van der Waals surface area (Å²) in [6.45, 7) is 2.55. The molecule has 0 aliphatic carbocycles. The van der Waals surface area contributed by atoms with Gasteiger partial charge in [-0.2, -0.15) is 4.31 Å². The molecule has 0 radical (unpaired) electrons. The van der Waals surface area contributed by atoms with Gasteiger partial charge in [-0.15, -0.1) is 35.3 Å². The molecule has 2 N–H and O–H groups in total. The van der Waals surface area contributed by atoms with E-state index in [4.69, 9.17) is 0 Å². The Bertz CT molecular complexity index is 831. The summed E-state index contributed by atoms with van der Waals surface area (Å²) in [5, 5.41) is 8.55. The number of hydrogen-bond donors (Lipinski definition) is 2.